The van der Waals surface area contributed by atoms with Crippen molar-refractivity contribution < 1.29 is 4.39 Å². The van der Waals surface area contributed by atoms with Crippen LogP contribution in [-0.2, 0) is 6.42 Å². The lowest BCUT2D eigenvalue weighted by atomic mass is 10.0. The third-order valence-electron chi connectivity index (χ3n) is 2.44. The van der Waals surface area contributed by atoms with E-state index in [4.69, 9.17) is 0 Å². The third-order valence-corrected chi connectivity index (χ3v) is 4.57. The number of benzene rings is 1. The van der Waals surface area contributed by atoms with Gasteiger partial charge < -0.3 is 0 Å². The fourth-order valence-electron chi connectivity index (χ4n) is 1.37. The van der Waals surface area contributed by atoms with E-state index in [0.717, 1.165) is 18.4 Å². The lowest BCUT2D eigenvalue weighted by Gasteiger charge is -2.13. The predicted octanol–water partition coefficient (Wildman–Crippen LogP) is 4.94. The van der Waals surface area contributed by atoms with Crippen molar-refractivity contribution in [2.24, 2.45) is 5.92 Å². The number of hydrogen-bond acceptors (Lipinski definition) is 0. The van der Waals surface area contributed by atoms with Crippen molar-refractivity contribution in [3.8, 4) is 0 Å². The second-order valence-electron chi connectivity index (χ2n) is 4.01. The lowest BCUT2D eigenvalue weighted by Crippen LogP contribution is -2.08. The Bertz CT molecular complexity index is 323. The van der Waals surface area contributed by atoms with Gasteiger partial charge in [0, 0.05) is 4.83 Å². The Hall–Kier alpha value is 0.110. The molecule has 0 spiro atoms. The molecule has 1 unspecified atom stereocenters. The van der Waals surface area contributed by atoms with Crippen LogP contribution in [0.5, 0.6) is 0 Å². The van der Waals surface area contributed by atoms with Gasteiger partial charge in [-0.25, -0.2) is 4.39 Å². The van der Waals surface area contributed by atoms with Crippen LogP contribution in [0.15, 0.2) is 22.7 Å². The second kappa shape index (κ2) is 6.00. The fraction of sp³-hybridized carbons (Fsp3) is 0.500. The molecule has 1 atom stereocenters. The number of hydrogen-bond donors (Lipinski definition) is 0. The largest absolute Gasteiger partial charge is 0.205 e. The third kappa shape index (κ3) is 3.87. The number of halogens is 3. The summed E-state index contributed by atoms with van der Waals surface area (Å²) in [5.41, 5.74) is 0.787. The topological polar surface area (TPSA) is 0 Å². The van der Waals surface area contributed by atoms with Crippen molar-refractivity contribution in [3.05, 3.63) is 34.1 Å². The zero-order chi connectivity index (χ0) is 11.4. The van der Waals surface area contributed by atoms with Gasteiger partial charge in [0.15, 0.2) is 0 Å². The van der Waals surface area contributed by atoms with Crippen molar-refractivity contribution in [1.82, 2.24) is 0 Å². The molecule has 0 amide bonds. The Labute approximate surface area is 108 Å². The minimum absolute atomic E-state index is 0.124. The van der Waals surface area contributed by atoms with Crippen LogP contribution >= 0.6 is 31.9 Å². The molecule has 0 bridgehead atoms. The van der Waals surface area contributed by atoms with Gasteiger partial charge in [-0.3, -0.25) is 0 Å². The zero-order valence-corrected chi connectivity index (χ0v) is 12.1. The van der Waals surface area contributed by atoms with E-state index in [1.165, 1.54) is 0 Å². The van der Waals surface area contributed by atoms with E-state index in [1.54, 1.807) is 6.07 Å². The number of alkyl halides is 1. The van der Waals surface area contributed by atoms with Crippen LogP contribution in [0.1, 0.15) is 25.8 Å². The molecule has 0 aliphatic carbocycles. The monoisotopic (exact) mass is 336 g/mol. The number of aryl methyl sites for hydroxylation is 1. The smallest absolute Gasteiger partial charge is 0.140 e. The van der Waals surface area contributed by atoms with Gasteiger partial charge in [-0.05, 0) is 46.3 Å². The molecule has 1 aromatic carbocycles. The molecule has 0 aliphatic rings. The Kier molecular flexibility index (Phi) is 5.27. The first kappa shape index (κ1) is 13.2. The quantitative estimate of drug-likeness (QED) is 0.682. The molecule has 15 heavy (non-hydrogen) atoms. The van der Waals surface area contributed by atoms with E-state index in [2.05, 4.69) is 45.7 Å². The van der Waals surface area contributed by atoms with Crippen molar-refractivity contribution in [2.45, 2.75) is 31.5 Å². The molecule has 0 nitrogen and oxygen atoms in total. The molecular weight excluding hydrogens is 323 g/mol. The van der Waals surface area contributed by atoms with Crippen molar-refractivity contribution in [1.29, 1.82) is 0 Å². The highest BCUT2D eigenvalue weighted by molar-refractivity contribution is 9.10. The van der Waals surface area contributed by atoms with Gasteiger partial charge >= 0.3 is 0 Å². The average Bonchev–Trinajstić information content (AvgIpc) is 2.19. The summed E-state index contributed by atoms with van der Waals surface area (Å²) in [6.07, 6.45) is 1.74. The zero-order valence-electron chi connectivity index (χ0n) is 8.93. The van der Waals surface area contributed by atoms with Crippen molar-refractivity contribution >= 4 is 31.9 Å². The maximum atomic E-state index is 13.6. The molecule has 84 valence electrons. The molecule has 0 fully saturated rings. The van der Waals surface area contributed by atoms with Crippen LogP contribution < -0.4 is 0 Å². The molecule has 0 heterocycles. The molecule has 0 saturated heterocycles. The predicted molar refractivity (Wildman–Crippen MR) is 70.0 cm³/mol. The molecule has 1 rings (SSSR count). The second-order valence-corrected chi connectivity index (χ2v) is 6.04. The van der Waals surface area contributed by atoms with E-state index in [1.807, 2.05) is 12.1 Å². The van der Waals surface area contributed by atoms with Crippen molar-refractivity contribution in [2.75, 3.05) is 0 Å². The molecule has 1 aromatic rings. The SMILES string of the molecule is CC(C)C(Br)CCc1cccc(Br)c1F. The molecule has 0 aliphatic heterocycles. The fourth-order valence-corrected chi connectivity index (χ4v) is 2.00. The summed E-state index contributed by atoms with van der Waals surface area (Å²) >= 11 is 6.80. The molecule has 3 heteroatoms. The highest BCUT2D eigenvalue weighted by Crippen LogP contribution is 2.23. The van der Waals surface area contributed by atoms with Gasteiger partial charge in [0.1, 0.15) is 5.82 Å². The van der Waals surface area contributed by atoms with Crippen LogP contribution in [0.4, 0.5) is 4.39 Å². The Balaban J connectivity index is 2.62. The Morgan fingerprint density at radius 1 is 1.33 bits per heavy atom. The highest BCUT2D eigenvalue weighted by Gasteiger charge is 2.11. The molecule has 0 radical (unpaired) electrons. The van der Waals surface area contributed by atoms with Gasteiger partial charge in [0.2, 0.25) is 0 Å². The molecule has 0 aromatic heterocycles. The summed E-state index contributed by atoms with van der Waals surface area (Å²) in [6.45, 7) is 4.33. The van der Waals surface area contributed by atoms with E-state index in [0.29, 0.717) is 15.2 Å². The van der Waals surface area contributed by atoms with Gasteiger partial charge in [-0.1, -0.05) is 41.9 Å². The summed E-state index contributed by atoms with van der Waals surface area (Å²) in [5, 5.41) is 0. The van der Waals surface area contributed by atoms with Gasteiger partial charge in [-0.15, -0.1) is 0 Å². The van der Waals surface area contributed by atoms with Gasteiger partial charge in [0.25, 0.3) is 0 Å². The van der Waals surface area contributed by atoms with Crippen LogP contribution in [-0.4, -0.2) is 4.83 Å². The minimum atomic E-state index is -0.124. The first-order valence-corrected chi connectivity index (χ1v) is 6.80. The van der Waals surface area contributed by atoms with Crippen molar-refractivity contribution in [3.63, 3.8) is 0 Å². The maximum absolute atomic E-state index is 13.6. The van der Waals surface area contributed by atoms with Crippen LogP contribution in [0.2, 0.25) is 0 Å². The Morgan fingerprint density at radius 2 is 2.00 bits per heavy atom. The van der Waals surface area contributed by atoms with E-state index in [9.17, 15) is 4.39 Å². The normalized spacial score (nSPS) is 13.2. The van der Waals surface area contributed by atoms with E-state index < -0.39 is 0 Å². The molecule has 0 saturated carbocycles. The Morgan fingerprint density at radius 3 is 2.60 bits per heavy atom. The van der Waals surface area contributed by atoms with Gasteiger partial charge in [0.05, 0.1) is 4.47 Å². The summed E-state index contributed by atoms with van der Waals surface area (Å²) in [4.78, 5) is 0.455. The first-order valence-electron chi connectivity index (χ1n) is 5.09. The van der Waals surface area contributed by atoms with Crippen LogP contribution in [0.25, 0.3) is 0 Å². The highest BCUT2D eigenvalue weighted by atomic mass is 79.9. The summed E-state index contributed by atoms with van der Waals surface area (Å²) in [7, 11) is 0. The lowest BCUT2D eigenvalue weighted by molar-refractivity contribution is 0.560. The van der Waals surface area contributed by atoms with Crippen LogP contribution in [0, 0.1) is 11.7 Å². The van der Waals surface area contributed by atoms with Gasteiger partial charge in [-0.2, -0.15) is 0 Å². The standard InChI is InChI=1S/C12H15Br2F/c1-8(2)10(13)7-6-9-4-3-5-11(14)12(9)15/h3-5,8,10H,6-7H2,1-2H3. The number of rotatable bonds is 4. The van der Waals surface area contributed by atoms with Crippen LogP contribution in [0.3, 0.4) is 0 Å². The molecule has 0 N–H and O–H groups in total. The maximum Gasteiger partial charge on any atom is 0.140 e. The average molecular weight is 338 g/mol. The summed E-state index contributed by atoms with van der Waals surface area (Å²) in [5.74, 6) is 0.459. The summed E-state index contributed by atoms with van der Waals surface area (Å²) < 4.78 is 14.1. The van der Waals surface area contributed by atoms with E-state index >= 15 is 0 Å². The molecular formula is C12H15Br2F. The van der Waals surface area contributed by atoms with E-state index in [-0.39, 0.29) is 5.82 Å². The summed E-state index contributed by atoms with van der Waals surface area (Å²) in [6, 6.07) is 5.45. The minimum Gasteiger partial charge on any atom is -0.205 e. The first-order chi connectivity index (χ1) is 7.02.